The number of fused-ring (bicyclic) bond motifs is 3. The van der Waals surface area contributed by atoms with Gasteiger partial charge in [0, 0.05) is 34.3 Å². The number of aromatic nitrogens is 1. The van der Waals surface area contributed by atoms with Crippen molar-refractivity contribution in [2.45, 2.75) is 25.8 Å². The normalized spacial score (nSPS) is 18.5. The molecule has 1 amide bonds. The highest BCUT2D eigenvalue weighted by atomic mass is 16.2. The predicted molar refractivity (Wildman–Crippen MR) is 118 cm³/mol. The lowest BCUT2D eigenvalue weighted by molar-refractivity contribution is -0.122. The number of rotatable bonds is 5. The fourth-order valence-electron chi connectivity index (χ4n) is 4.30. The largest absolute Gasteiger partial charge is 0.341 e. The van der Waals surface area contributed by atoms with Crippen LogP contribution in [-0.2, 0) is 11.3 Å². The molecule has 29 heavy (non-hydrogen) atoms. The third-order valence-electron chi connectivity index (χ3n) is 5.86. The Kier molecular flexibility index (Phi) is 4.39. The van der Waals surface area contributed by atoms with Crippen LogP contribution < -0.4 is 5.43 Å². The summed E-state index contributed by atoms with van der Waals surface area (Å²) in [5.41, 5.74) is 7.39. The van der Waals surface area contributed by atoms with E-state index in [1.54, 1.807) is 6.21 Å². The van der Waals surface area contributed by atoms with Crippen molar-refractivity contribution < 1.29 is 4.79 Å². The Morgan fingerprint density at radius 2 is 1.79 bits per heavy atom. The van der Waals surface area contributed by atoms with Gasteiger partial charge in [-0.1, -0.05) is 54.6 Å². The molecule has 0 bridgehead atoms. The first-order valence-electron chi connectivity index (χ1n) is 10.1. The highest BCUT2D eigenvalue weighted by Gasteiger charge is 2.43. The third kappa shape index (κ3) is 3.21. The summed E-state index contributed by atoms with van der Waals surface area (Å²) in [7, 11) is 0. The van der Waals surface area contributed by atoms with Crippen molar-refractivity contribution in [2.75, 3.05) is 0 Å². The van der Waals surface area contributed by atoms with Gasteiger partial charge in [0.1, 0.15) is 0 Å². The number of carbonyl (C=O) groups excluding carboxylic acids is 1. The first kappa shape index (κ1) is 17.7. The number of nitrogens with one attached hydrogen (secondary N) is 1. The molecule has 4 nitrogen and oxygen atoms in total. The standard InChI is InChI=1S/C25H23N3O/c1-2-28-23-11-7-6-10-19(23)21-14-17(12-13-24(21)28)16-26-27-25(29)22-15-20(22)18-8-4-3-5-9-18/h3-14,16,20,22H,2,15H2,1H3,(H,27,29)/b26-16-/t20-,22+/m1/s1. The number of carbonyl (C=O) groups is 1. The average Bonchev–Trinajstić information content (AvgIpc) is 3.51. The zero-order chi connectivity index (χ0) is 19.8. The highest BCUT2D eigenvalue weighted by Crippen LogP contribution is 2.47. The molecular weight excluding hydrogens is 358 g/mol. The van der Waals surface area contributed by atoms with Crippen LogP contribution in [-0.4, -0.2) is 16.7 Å². The van der Waals surface area contributed by atoms with Gasteiger partial charge in [-0.3, -0.25) is 4.79 Å². The summed E-state index contributed by atoms with van der Waals surface area (Å²) in [6, 6.07) is 25.0. The topological polar surface area (TPSA) is 46.4 Å². The zero-order valence-corrected chi connectivity index (χ0v) is 16.4. The first-order valence-corrected chi connectivity index (χ1v) is 10.1. The number of amides is 1. The lowest BCUT2D eigenvalue weighted by Crippen LogP contribution is -2.20. The molecule has 5 rings (SSSR count). The lowest BCUT2D eigenvalue weighted by atomic mass is 10.1. The smallest absolute Gasteiger partial charge is 0.243 e. The van der Waals surface area contributed by atoms with Gasteiger partial charge in [0.05, 0.1) is 6.21 Å². The molecule has 1 fully saturated rings. The molecule has 1 aromatic heterocycles. The number of hydrazone groups is 1. The van der Waals surface area contributed by atoms with Crippen molar-refractivity contribution in [1.29, 1.82) is 0 Å². The Labute approximate surface area is 169 Å². The molecule has 1 aliphatic carbocycles. The maximum atomic E-state index is 12.4. The minimum atomic E-state index is -0.00114. The molecule has 1 heterocycles. The van der Waals surface area contributed by atoms with E-state index < -0.39 is 0 Å². The molecule has 4 aromatic rings. The maximum Gasteiger partial charge on any atom is 0.243 e. The van der Waals surface area contributed by atoms with Gasteiger partial charge in [-0.15, -0.1) is 0 Å². The summed E-state index contributed by atoms with van der Waals surface area (Å²) >= 11 is 0. The van der Waals surface area contributed by atoms with E-state index in [4.69, 9.17) is 0 Å². The van der Waals surface area contributed by atoms with Crippen molar-refractivity contribution in [1.82, 2.24) is 9.99 Å². The minimum absolute atomic E-state index is 0.00114. The van der Waals surface area contributed by atoms with Gasteiger partial charge < -0.3 is 4.57 Å². The molecular formula is C25H23N3O. The molecule has 3 aromatic carbocycles. The second-order valence-corrected chi connectivity index (χ2v) is 7.63. The van der Waals surface area contributed by atoms with Crippen LogP contribution in [0.2, 0.25) is 0 Å². The molecule has 0 unspecified atom stereocenters. The lowest BCUT2D eigenvalue weighted by Gasteiger charge is -2.03. The number of aryl methyl sites for hydroxylation is 1. The number of nitrogens with zero attached hydrogens (tertiary/aromatic N) is 2. The molecule has 2 atom stereocenters. The molecule has 0 saturated heterocycles. The molecule has 144 valence electrons. The Morgan fingerprint density at radius 3 is 2.62 bits per heavy atom. The fourth-order valence-corrected chi connectivity index (χ4v) is 4.30. The van der Waals surface area contributed by atoms with Crippen molar-refractivity contribution in [3.63, 3.8) is 0 Å². The van der Waals surface area contributed by atoms with Gasteiger partial charge in [-0.2, -0.15) is 5.10 Å². The highest BCUT2D eigenvalue weighted by molar-refractivity contribution is 6.09. The molecule has 0 radical (unpaired) electrons. The van der Waals surface area contributed by atoms with Gasteiger partial charge >= 0.3 is 0 Å². The average molecular weight is 381 g/mol. The number of hydrogen-bond donors (Lipinski definition) is 1. The summed E-state index contributed by atoms with van der Waals surface area (Å²) < 4.78 is 2.32. The fraction of sp³-hybridized carbons (Fsp3) is 0.200. The summed E-state index contributed by atoms with van der Waals surface area (Å²) in [6.07, 6.45) is 2.63. The summed E-state index contributed by atoms with van der Waals surface area (Å²) in [4.78, 5) is 12.4. The van der Waals surface area contributed by atoms with Crippen LogP contribution in [0.25, 0.3) is 21.8 Å². The SMILES string of the molecule is CCn1c2ccccc2c2cc(/C=N\NC(=O)[C@H]3C[C@@H]3c3ccccc3)ccc21. The van der Waals surface area contributed by atoms with Gasteiger partial charge in [0.15, 0.2) is 0 Å². The van der Waals surface area contributed by atoms with E-state index in [0.717, 1.165) is 18.5 Å². The monoisotopic (exact) mass is 381 g/mol. The van der Waals surface area contributed by atoms with Crippen LogP contribution in [0.5, 0.6) is 0 Å². The molecule has 1 saturated carbocycles. The molecule has 0 spiro atoms. The van der Waals surface area contributed by atoms with E-state index in [1.165, 1.54) is 27.4 Å². The summed E-state index contributed by atoms with van der Waals surface area (Å²) in [6.45, 7) is 3.09. The van der Waals surface area contributed by atoms with Gasteiger partial charge in [-0.25, -0.2) is 5.43 Å². The molecule has 1 N–H and O–H groups in total. The number of hydrogen-bond acceptors (Lipinski definition) is 2. The van der Waals surface area contributed by atoms with E-state index in [1.807, 2.05) is 24.3 Å². The van der Waals surface area contributed by atoms with Crippen LogP contribution in [0, 0.1) is 5.92 Å². The van der Waals surface area contributed by atoms with Crippen LogP contribution in [0.1, 0.15) is 30.4 Å². The Morgan fingerprint density at radius 1 is 1.03 bits per heavy atom. The van der Waals surface area contributed by atoms with E-state index in [2.05, 4.69) is 70.5 Å². The van der Waals surface area contributed by atoms with Crippen LogP contribution in [0.4, 0.5) is 0 Å². The second-order valence-electron chi connectivity index (χ2n) is 7.63. The van der Waals surface area contributed by atoms with Crippen LogP contribution >= 0.6 is 0 Å². The molecule has 1 aliphatic rings. The third-order valence-corrected chi connectivity index (χ3v) is 5.86. The zero-order valence-electron chi connectivity index (χ0n) is 16.4. The Balaban J connectivity index is 1.32. The van der Waals surface area contributed by atoms with Crippen LogP contribution in [0.15, 0.2) is 77.9 Å². The van der Waals surface area contributed by atoms with E-state index >= 15 is 0 Å². The van der Waals surface area contributed by atoms with Crippen molar-refractivity contribution in [3.05, 3.63) is 83.9 Å². The number of benzene rings is 3. The van der Waals surface area contributed by atoms with Crippen molar-refractivity contribution in [2.24, 2.45) is 11.0 Å². The minimum Gasteiger partial charge on any atom is -0.341 e. The van der Waals surface area contributed by atoms with Crippen LogP contribution in [0.3, 0.4) is 0 Å². The molecule has 4 heteroatoms. The summed E-state index contributed by atoms with van der Waals surface area (Å²) in [5, 5.41) is 6.67. The van der Waals surface area contributed by atoms with Gasteiger partial charge in [0.2, 0.25) is 5.91 Å². The maximum absolute atomic E-state index is 12.4. The quantitative estimate of drug-likeness (QED) is 0.381. The van der Waals surface area contributed by atoms with E-state index in [9.17, 15) is 4.79 Å². The summed E-state index contributed by atoms with van der Waals surface area (Å²) in [5.74, 6) is 0.348. The molecule has 0 aliphatic heterocycles. The first-order chi connectivity index (χ1) is 14.3. The Bertz CT molecular complexity index is 1220. The number of para-hydroxylation sites is 1. The van der Waals surface area contributed by atoms with Gasteiger partial charge in [0.25, 0.3) is 0 Å². The van der Waals surface area contributed by atoms with Gasteiger partial charge in [-0.05, 0) is 48.6 Å². The predicted octanol–water partition coefficient (Wildman–Crippen LogP) is 5.07. The van der Waals surface area contributed by atoms with Crippen molar-refractivity contribution in [3.8, 4) is 0 Å². The van der Waals surface area contributed by atoms with E-state index in [-0.39, 0.29) is 11.8 Å². The second kappa shape index (κ2) is 7.21. The van der Waals surface area contributed by atoms with E-state index in [0.29, 0.717) is 5.92 Å². The van der Waals surface area contributed by atoms with Crippen molar-refractivity contribution >= 4 is 33.9 Å². The Hall–Kier alpha value is -3.40.